The van der Waals surface area contributed by atoms with Gasteiger partial charge in [-0.2, -0.15) is 0 Å². The monoisotopic (exact) mass is 174 g/mol. The smallest absolute Gasteiger partial charge is 0.250 e. The Labute approximate surface area is 74.9 Å². The molecule has 0 atom stereocenters. The van der Waals surface area contributed by atoms with Crippen LogP contribution < -0.4 is 10.7 Å². The predicted octanol–water partition coefficient (Wildman–Crippen LogP) is 0.612. The third kappa shape index (κ3) is 1.09. The lowest BCUT2D eigenvalue weighted by Crippen LogP contribution is -2.17. The van der Waals surface area contributed by atoms with Crippen LogP contribution >= 0.6 is 0 Å². The molecule has 66 valence electrons. The molecule has 0 bridgehead atoms. The third-order valence-electron chi connectivity index (χ3n) is 2.12. The zero-order valence-corrected chi connectivity index (χ0v) is 7.15. The maximum absolute atomic E-state index is 11.3. The number of aromatic nitrogens is 1. The Hall–Kier alpha value is -1.77. The van der Waals surface area contributed by atoms with Gasteiger partial charge in [0, 0.05) is 7.05 Å². The summed E-state index contributed by atoms with van der Waals surface area (Å²) in [4.78, 5) is 11.2. The standard InChI is InChI=1S/C10H9NO2/c1-11-8-5-3-2-4-7(8)9(12)6-10(11)13/h2-6,12H,1H3/p-1. The molecule has 13 heavy (non-hydrogen) atoms. The second kappa shape index (κ2) is 2.62. The fourth-order valence-corrected chi connectivity index (χ4v) is 1.38. The summed E-state index contributed by atoms with van der Waals surface area (Å²) in [6.07, 6.45) is 0. The molecule has 0 aliphatic heterocycles. The van der Waals surface area contributed by atoms with Crippen LogP contribution in [0.4, 0.5) is 0 Å². The summed E-state index contributed by atoms with van der Waals surface area (Å²) < 4.78 is 1.47. The number of nitrogens with zero attached hydrogens (tertiary/aromatic N) is 1. The number of hydrogen-bond donors (Lipinski definition) is 0. The highest BCUT2D eigenvalue weighted by Crippen LogP contribution is 2.18. The average molecular weight is 174 g/mol. The maximum Gasteiger partial charge on any atom is 0.250 e. The fourth-order valence-electron chi connectivity index (χ4n) is 1.38. The minimum Gasteiger partial charge on any atom is -0.872 e. The highest BCUT2D eigenvalue weighted by Gasteiger charge is 1.97. The Balaban J connectivity index is 3.06. The van der Waals surface area contributed by atoms with Crippen molar-refractivity contribution in [2.45, 2.75) is 0 Å². The largest absolute Gasteiger partial charge is 0.872 e. The number of fused-ring (bicyclic) bond motifs is 1. The van der Waals surface area contributed by atoms with Gasteiger partial charge in [-0.1, -0.05) is 23.9 Å². The summed E-state index contributed by atoms with van der Waals surface area (Å²) in [6.45, 7) is 0. The molecule has 0 unspecified atom stereocenters. The molecule has 0 aliphatic carbocycles. The van der Waals surface area contributed by atoms with Gasteiger partial charge in [0.2, 0.25) is 5.56 Å². The Morgan fingerprint density at radius 3 is 2.77 bits per heavy atom. The normalized spacial score (nSPS) is 10.5. The number of hydrogen-bond acceptors (Lipinski definition) is 2. The fraction of sp³-hybridized carbons (Fsp3) is 0.100. The molecule has 0 radical (unpaired) electrons. The molecule has 2 aromatic rings. The van der Waals surface area contributed by atoms with Gasteiger partial charge in [0.05, 0.1) is 5.52 Å². The van der Waals surface area contributed by atoms with E-state index in [-0.39, 0.29) is 11.3 Å². The van der Waals surface area contributed by atoms with E-state index in [1.54, 1.807) is 31.3 Å². The summed E-state index contributed by atoms with van der Waals surface area (Å²) >= 11 is 0. The molecule has 0 aliphatic rings. The van der Waals surface area contributed by atoms with E-state index in [1.807, 2.05) is 0 Å². The highest BCUT2D eigenvalue weighted by atomic mass is 16.3. The Morgan fingerprint density at radius 2 is 2.00 bits per heavy atom. The number of rotatable bonds is 0. The van der Waals surface area contributed by atoms with Crippen LogP contribution in [0.2, 0.25) is 0 Å². The molecule has 0 N–H and O–H groups in total. The van der Waals surface area contributed by atoms with Crippen molar-refractivity contribution in [1.29, 1.82) is 0 Å². The van der Waals surface area contributed by atoms with Gasteiger partial charge in [-0.15, -0.1) is 0 Å². The minimum absolute atomic E-state index is 0.210. The van der Waals surface area contributed by atoms with Crippen LogP contribution in [0.15, 0.2) is 35.1 Å². The molecule has 1 heterocycles. The first-order valence-electron chi connectivity index (χ1n) is 3.96. The van der Waals surface area contributed by atoms with Crippen molar-refractivity contribution in [2.75, 3.05) is 0 Å². The van der Waals surface area contributed by atoms with Crippen molar-refractivity contribution in [3.8, 4) is 5.75 Å². The summed E-state index contributed by atoms with van der Waals surface area (Å²) in [6, 6.07) is 8.19. The number of pyridine rings is 1. The minimum atomic E-state index is -0.260. The van der Waals surface area contributed by atoms with Gasteiger partial charge in [0.1, 0.15) is 0 Å². The van der Waals surface area contributed by atoms with Crippen LogP contribution in [0.5, 0.6) is 5.75 Å². The molecular formula is C10H8NO2-. The van der Waals surface area contributed by atoms with Crippen molar-refractivity contribution in [2.24, 2.45) is 7.05 Å². The molecule has 0 saturated heterocycles. The second-order valence-electron chi connectivity index (χ2n) is 2.92. The van der Waals surface area contributed by atoms with Crippen LogP contribution in [0.3, 0.4) is 0 Å². The van der Waals surface area contributed by atoms with Gasteiger partial charge in [-0.05, 0) is 17.5 Å². The maximum atomic E-state index is 11.3. The van der Waals surface area contributed by atoms with Crippen molar-refractivity contribution in [3.05, 3.63) is 40.7 Å². The first-order chi connectivity index (χ1) is 6.20. The van der Waals surface area contributed by atoms with Gasteiger partial charge in [-0.3, -0.25) is 4.79 Å². The molecular weight excluding hydrogens is 166 g/mol. The molecule has 3 nitrogen and oxygen atoms in total. The van der Waals surface area contributed by atoms with Crippen molar-refractivity contribution in [1.82, 2.24) is 4.57 Å². The Morgan fingerprint density at radius 1 is 1.31 bits per heavy atom. The molecule has 0 saturated carbocycles. The first-order valence-corrected chi connectivity index (χ1v) is 3.96. The van der Waals surface area contributed by atoms with Gasteiger partial charge >= 0.3 is 0 Å². The first kappa shape index (κ1) is 7.86. The second-order valence-corrected chi connectivity index (χ2v) is 2.92. The molecule has 2 rings (SSSR count). The van der Waals surface area contributed by atoms with Crippen molar-refractivity contribution < 1.29 is 5.11 Å². The van der Waals surface area contributed by atoms with Crippen molar-refractivity contribution >= 4 is 10.9 Å². The summed E-state index contributed by atoms with van der Waals surface area (Å²) in [5, 5.41) is 11.9. The van der Waals surface area contributed by atoms with Crippen LogP contribution in [-0.2, 0) is 7.05 Å². The van der Waals surface area contributed by atoms with Gasteiger partial charge in [0.15, 0.2) is 0 Å². The van der Waals surface area contributed by atoms with E-state index in [9.17, 15) is 9.90 Å². The Bertz CT molecular complexity index is 514. The highest BCUT2D eigenvalue weighted by molar-refractivity contribution is 5.84. The van der Waals surface area contributed by atoms with Gasteiger partial charge in [0.25, 0.3) is 0 Å². The van der Waals surface area contributed by atoms with Gasteiger partial charge in [-0.25, -0.2) is 0 Å². The van der Waals surface area contributed by atoms with Crippen LogP contribution in [0.25, 0.3) is 10.9 Å². The van der Waals surface area contributed by atoms with Crippen LogP contribution in [0.1, 0.15) is 0 Å². The van der Waals surface area contributed by atoms with E-state index in [1.165, 1.54) is 4.57 Å². The summed E-state index contributed by atoms with van der Waals surface area (Å²) in [5.74, 6) is -0.210. The zero-order chi connectivity index (χ0) is 9.42. The third-order valence-corrected chi connectivity index (χ3v) is 2.12. The van der Waals surface area contributed by atoms with E-state index >= 15 is 0 Å². The molecule has 0 spiro atoms. The molecule has 1 aromatic heterocycles. The van der Waals surface area contributed by atoms with E-state index in [4.69, 9.17) is 0 Å². The summed E-state index contributed by atoms with van der Waals surface area (Å²) in [7, 11) is 1.66. The average Bonchev–Trinajstić information content (AvgIpc) is 2.15. The summed E-state index contributed by atoms with van der Waals surface area (Å²) in [5.41, 5.74) is 0.420. The number of aryl methyl sites for hydroxylation is 1. The topological polar surface area (TPSA) is 45.1 Å². The molecule has 0 amide bonds. The zero-order valence-electron chi connectivity index (χ0n) is 7.15. The Kier molecular flexibility index (Phi) is 1.59. The lowest BCUT2D eigenvalue weighted by Gasteiger charge is -2.11. The van der Waals surface area contributed by atoms with E-state index in [2.05, 4.69) is 0 Å². The van der Waals surface area contributed by atoms with Crippen LogP contribution in [-0.4, -0.2) is 4.57 Å². The van der Waals surface area contributed by atoms with E-state index in [0.717, 1.165) is 6.07 Å². The lowest BCUT2D eigenvalue weighted by atomic mass is 10.2. The number of para-hydroxylation sites is 1. The van der Waals surface area contributed by atoms with Gasteiger partial charge < -0.3 is 9.67 Å². The van der Waals surface area contributed by atoms with Crippen LogP contribution in [0, 0.1) is 0 Å². The van der Waals surface area contributed by atoms with E-state index < -0.39 is 0 Å². The van der Waals surface area contributed by atoms with Crippen molar-refractivity contribution in [3.63, 3.8) is 0 Å². The quantitative estimate of drug-likeness (QED) is 0.587. The molecule has 0 fully saturated rings. The van der Waals surface area contributed by atoms with E-state index in [0.29, 0.717) is 10.9 Å². The molecule has 1 aromatic carbocycles. The predicted molar refractivity (Wildman–Crippen MR) is 48.6 cm³/mol. The lowest BCUT2D eigenvalue weighted by molar-refractivity contribution is -0.266. The SMILES string of the molecule is Cn1c(=O)cc([O-])c2ccccc21. The number of benzene rings is 1. The molecule has 3 heteroatoms.